The third-order valence-corrected chi connectivity index (χ3v) is 4.14. The lowest BCUT2D eigenvalue weighted by atomic mass is 10.2. The molecule has 0 aliphatic rings. The second-order valence-electron chi connectivity index (χ2n) is 5.98. The summed E-state index contributed by atoms with van der Waals surface area (Å²) in [4.78, 5) is 11.4. The molecular weight excluding hydrogens is 348 g/mol. The van der Waals surface area contributed by atoms with Crippen LogP contribution in [0.4, 0.5) is 0 Å². The summed E-state index contributed by atoms with van der Waals surface area (Å²) in [6, 6.07) is 14.2. The lowest BCUT2D eigenvalue weighted by Crippen LogP contribution is -2.23. The Morgan fingerprint density at radius 3 is 2.67 bits per heavy atom. The number of hydrogen-bond acceptors (Lipinski definition) is 6. The largest absolute Gasteiger partial charge is 0.491 e. The van der Waals surface area contributed by atoms with Crippen molar-refractivity contribution in [1.82, 2.24) is 4.57 Å². The van der Waals surface area contributed by atoms with Crippen LogP contribution in [0.5, 0.6) is 5.75 Å². The first-order valence-electron chi connectivity index (χ1n) is 8.37. The number of oxime groups is 1. The van der Waals surface area contributed by atoms with E-state index in [0.29, 0.717) is 17.9 Å². The van der Waals surface area contributed by atoms with Gasteiger partial charge in [0.05, 0.1) is 25.4 Å². The van der Waals surface area contributed by atoms with Crippen LogP contribution in [0, 0.1) is 0 Å². The van der Waals surface area contributed by atoms with Gasteiger partial charge in [0.1, 0.15) is 18.5 Å². The summed E-state index contributed by atoms with van der Waals surface area (Å²) in [6.45, 7) is 0.410. The zero-order valence-corrected chi connectivity index (χ0v) is 14.8. The van der Waals surface area contributed by atoms with Crippen molar-refractivity contribution in [2.24, 2.45) is 5.16 Å². The van der Waals surface area contributed by atoms with Gasteiger partial charge in [-0.15, -0.1) is 0 Å². The van der Waals surface area contributed by atoms with E-state index >= 15 is 0 Å². The minimum Gasteiger partial charge on any atom is -0.491 e. The van der Waals surface area contributed by atoms with E-state index in [1.54, 1.807) is 24.3 Å². The number of rotatable bonds is 7. The van der Waals surface area contributed by atoms with Gasteiger partial charge in [0.15, 0.2) is 0 Å². The molecule has 3 rings (SSSR count). The monoisotopic (exact) mass is 368 g/mol. The van der Waals surface area contributed by atoms with E-state index in [9.17, 15) is 9.90 Å². The first-order valence-corrected chi connectivity index (χ1v) is 8.37. The number of aliphatic hydroxyl groups is 1. The minimum atomic E-state index is -0.750. The summed E-state index contributed by atoms with van der Waals surface area (Å²) < 4.78 is 12.1. The predicted molar refractivity (Wildman–Crippen MR) is 101 cm³/mol. The van der Waals surface area contributed by atoms with Gasteiger partial charge in [-0.2, -0.15) is 0 Å². The van der Waals surface area contributed by atoms with Crippen LogP contribution in [0.25, 0.3) is 10.9 Å². The molecule has 0 aliphatic carbocycles. The van der Waals surface area contributed by atoms with Gasteiger partial charge in [0.25, 0.3) is 0 Å². The summed E-state index contributed by atoms with van der Waals surface area (Å²) in [6.07, 6.45) is 2.43. The number of aliphatic hydroxyl groups excluding tert-OH is 1. The molecular formula is C20H20N2O5. The predicted octanol–water partition coefficient (Wildman–Crippen LogP) is 2.68. The highest BCUT2D eigenvalue weighted by atomic mass is 16.5. The van der Waals surface area contributed by atoms with E-state index in [4.69, 9.17) is 9.94 Å². The molecule has 2 aromatic carbocycles. The summed E-state index contributed by atoms with van der Waals surface area (Å²) in [5, 5.41) is 23.2. The van der Waals surface area contributed by atoms with Crippen LogP contribution in [-0.2, 0) is 11.3 Å². The minimum absolute atomic E-state index is 0.0908. The van der Waals surface area contributed by atoms with Gasteiger partial charge in [-0.3, -0.25) is 0 Å². The van der Waals surface area contributed by atoms with E-state index in [1.807, 2.05) is 35.0 Å². The highest BCUT2D eigenvalue weighted by molar-refractivity contribution is 5.99. The molecule has 7 heteroatoms. The van der Waals surface area contributed by atoms with Crippen molar-refractivity contribution in [3.63, 3.8) is 0 Å². The van der Waals surface area contributed by atoms with Crippen LogP contribution in [0.15, 0.2) is 59.9 Å². The van der Waals surface area contributed by atoms with Gasteiger partial charge in [0.2, 0.25) is 0 Å². The number of fused-ring (bicyclic) bond motifs is 1. The summed E-state index contributed by atoms with van der Waals surface area (Å²) in [5.74, 6) is 0.135. The Balaban J connectivity index is 1.65. The SMILES string of the molecule is COC(=O)c1ccc(OC[C@H](O)Cn2cc(/C=N\O)c3ccccc32)cc1. The number of hydrogen-bond donors (Lipinski definition) is 2. The van der Waals surface area contributed by atoms with Gasteiger partial charge >= 0.3 is 5.97 Å². The van der Waals surface area contributed by atoms with E-state index in [0.717, 1.165) is 16.5 Å². The van der Waals surface area contributed by atoms with Crippen molar-refractivity contribution in [3.05, 3.63) is 65.9 Å². The normalized spacial score (nSPS) is 12.4. The number of benzene rings is 2. The zero-order chi connectivity index (χ0) is 19.2. The standard InChI is InChI=1S/C20H20N2O5/c1-26-20(24)14-6-8-17(9-7-14)27-13-16(23)12-22-11-15(10-21-25)18-4-2-3-5-19(18)22/h2-11,16,23,25H,12-13H2,1H3/b21-10-/t16-/m1/s1. The van der Waals surface area contributed by atoms with Gasteiger partial charge in [0, 0.05) is 22.7 Å². The number of esters is 1. The third-order valence-electron chi connectivity index (χ3n) is 4.14. The van der Waals surface area contributed by atoms with Crippen molar-refractivity contribution in [3.8, 4) is 5.75 Å². The Hall–Kier alpha value is -3.32. The molecule has 27 heavy (non-hydrogen) atoms. The smallest absolute Gasteiger partial charge is 0.337 e. The Kier molecular flexibility index (Phi) is 5.73. The molecule has 0 aliphatic heterocycles. The van der Waals surface area contributed by atoms with Crippen LogP contribution in [0.1, 0.15) is 15.9 Å². The van der Waals surface area contributed by atoms with E-state index in [1.165, 1.54) is 13.3 Å². The Labute approximate surface area is 156 Å². The second-order valence-corrected chi connectivity index (χ2v) is 5.98. The molecule has 7 nitrogen and oxygen atoms in total. The van der Waals surface area contributed by atoms with Crippen molar-refractivity contribution in [2.45, 2.75) is 12.6 Å². The highest BCUT2D eigenvalue weighted by Crippen LogP contribution is 2.21. The van der Waals surface area contributed by atoms with Crippen LogP contribution < -0.4 is 4.74 Å². The number of methoxy groups -OCH3 is 1. The topological polar surface area (TPSA) is 93.3 Å². The fourth-order valence-electron chi connectivity index (χ4n) is 2.87. The fraction of sp³-hybridized carbons (Fsp3) is 0.200. The quantitative estimate of drug-likeness (QED) is 0.289. The molecule has 0 unspecified atom stereocenters. The van der Waals surface area contributed by atoms with Crippen LogP contribution in [0.2, 0.25) is 0 Å². The number of aromatic nitrogens is 1. The van der Waals surface area contributed by atoms with E-state index < -0.39 is 12.1 Å². The maximum Gasteiger partial charge on any atom is 0.337 e. The van der Waals surface area contributed by atoms with Crippen LogP contribution >= 0.6 is 0 Å². The highest BCUT2D eigenvalue weighted by Gasteiger charge is 2.12. The van der Waals surface area contributed by atoms with Crippen molar-refractivity contribution in [1.29, 1.82) is 0 Å². The summed E-state index contributed by atoms with van der Waals surface area (Å²) >= 11 is 0. The molecule has 1 atom stereocenters. The summed E-state index contributed by atoms with van der Waals surface area (Å²) in [5.41, 5.74) is 2.12. The van der Waals surface area contributed by atoms with Gasteiger partial charge in [-0.1, -0.05) is 23.4 Å². The molecule has 2 N–H and O–H groups in total. The first kappa shape index (κ1) is 18.5. The maximum absolute atomic E-state index is 11.4. The summed E-state index contributed by atoms with van der Waals surface area (Å²) in [7, 11) is 1.33. The van der Waals surface area contributed by atoms with Crippen molar-refractivity contribution < 1.29 is 24.6 Å². The van der Waals surface area contributed by atoms with E-state index in [2.05, 4.69) is 9.89 Å². The number of ether oxygens (including phenoxy) is 2. The molecule has 0 saturated carbocycles. The molecule has 0 saturated heterocycles. The molecule has 140 valence electrons. The van der Waals surface area contributed by atoms with Crippen molar-refractivity contribution in [2.75, 3.05) is 13.7 Å². The molecule has 0 bridgehead atoms. The molecule has 0 fully saturated rings. The molecule has 3 aromatic rings. The van der Waals surface area contributed by atoms with Gasteiger partial charge in [-0.25, -0.2) is 4.79 Å². The lowest BCUT2D eigenvalue weighted by Gasteiger charge is -2.14. The average molecular weight is 368 g/mol. The number of para-hydroxylation sites is 1. The van der Waals surface area contributed by atoms with Crippen molar-refractivity contribution >= 4 is 23.1 Å². The maximum atomic E-state index is 11.4. The Morgan fingerprint density at radius 1 is 1.22 bits per heavy atom. The number of carbonyl (C=O) groups is 1. The molecule has 1 heterocycles. The second kappa shape index (κ2) is 8.37. The molecule has 0 radical (unpaired) electrons. The molecule has 1 aromatic heterocycles. The molecule has 0 spiro atoms. The Bertz CT molecular complexity index is 947. The van der Waals surface area contributed by atoms with E-state index in [-0.39, 0.29) is 6.61 Å². The Morgan fingerprint density at radius 2 is 1.96 bits per heavy atom. The first-order chi connectivity index (χ1) is 13.1. The van der Waals surface area contributed by atoms with Gasteiger partial charge < -0.3 is 24.4 Å². The van der Waals surface area contributed by atoms with Gasteiger partial charge in [-0.05, 0) is 30.3 Å². The zero-order valence-electron chi connectivity index (χ0n) is 14.8. The van der Waals surface area contributed by atoms with Crippen LogP contribution in [0.3, 0.4) is 0 Å². The average Bonchev–Trinajstić information content (AvgIpc) is 3.04. The van der Waals surface area contributed by atoms with Crippen LogP contribution in [-0.4, -0.2) is 46.9 Å². The number of carbonyl (C=O) groups excluding carboxylic acids is 1. The lowest BCUT2D eigenvalue weighted by molar-refractivity contribution is 0.0600. The molecule has 0 amide bonds. The fourth-order valence-corrected chi connectivity index (χ4v) is 2.87. The third kappa shape index (κ3) is 4.27. The number of nitrogens with zero attached hydrogens (tertiary/aromatic N) is 2.